The predicted octanol–water partition coefficient (Wildman–Crippen LogP) is 4.84. The average Bonchev–Trinajstić information content (AvgIpc) is 2.73. The third-order valence-corrected chi connectivity index (χ3v) is 4.94. The Morgan fingerprint density at radius 2 is 1.57 bits per heavy atom. The summed E-state index contributed by atoms with van der Waals surface area (Å²) in [7, 11) is 0. The molecule has 0 saturated heterocycles. The van der Waals surface area contributed by atoms with Crippen LogP contribution in [0.3, 0.4) is 0 Å². The second kappa shape index (κ2) is 10.5. The molecule has 1 amide bonds. The quantitative estimate of drug-likeness (QED) is 0.630. The van der Waals surface area contributed by atoms with Crippen LogP contribution in [0.25, 0.3) is 0 Å². The number of nitrogens with one attached hydrogen (secondary N) is 1. The van der Waals surface area contributed by atoms with Gasteiger partial charge in [0.25, 0.3) is 5.91 Å². The number of anilines is 2. The summed E-state index contributed by atoms with van der Waals surface area (Å²) in [4.78, 5) is 26.4. The van der Waals surface area contributed by atoms with Crippen LogP contribution in [0.1, 0.15) is 56.0 Å². The van der Waals surface area contributed by atoms with Crippen LogP contribution in [0.2, 0.25) is 0 Å². The number of hydrogen-bond donors (Lipinski definition) is 1. The van der Waals surface area contributed by atoms with Gasteiger partial charge in [-0.1, -0.05) is 26.0 Å². The summed E-state index contributed by atoms with van der Waals surface area (Å²) in [6.45, 7) is 9.97. The van der Waals surface area contributed by atoms with Gasteiger partial charge in [0.2, 0.25) is 0 Å². The van der Waals surface area contributed by atoms with Crippen molar-refractivity contribution in [1.29, 1.82) is 0 Å². The lowest BCUT2D eigenvalue weighted by molar-refractivity contribution is -0.119. The van der Waals surface area contributed by atoms with Crippen LogP contribution in [0.15, 0.2) is 48.5 Å². The van der Waals surface area contributed by atoms with Crippen LogP contribution in [-0.4, -0.2) is 31.6 Å². The molecule has 150 valence electrons. The molecule has 0 aliphatic heterocycles. The number of benzene rings is 2. The molecule has 1 atom stereocenters. The van der Waals surface area contributed by atoms with Crippen LogP contribution >= 0.6 is 0 Å². The zero-order valence-corrected chi connectivity index (χ0v) is 17.2. The van der Waals surface area contributed by atoms with Crippen LogP contribution in [-0.2, 0) is 9.53 Å². The van der Waals surface area contributed by atoms with E-state index in [0.29, 0.717) is 17.2 Å². The van der Waals surface area contributed by atoms with Crippen molar-refractivity contribution < 1.29 is 14.3 Å². The molecule has 5 heteroatoms. The number of hydrogen-bond acceptors (Lipinski definition) is 4. The normalized spacial score (nSPS) is 11.6. The van der Waals surface area contributed by atoms with Crippen molar-refractivity contribution in [3.63, 3.8) is 0 Å². The van der Waals surface area contributed by atoms with Crippen molar-refractivity contribution in [1.82, 2.24) is 0 Å². The Morgan fingerprint density at radius 3 is 2.11 bits per heavy atom. The van der Waals surface area contributed by atoms with E-state index >= 15 is 0 Å². The fourth-order valence-electron chi connectivity index (χ4n) is 2.94. The van der Waals surface area contributed by atoms with E-state index in [1.165, 1.54) is 5.56 Å². The monoisotopic (exact) mass is 382 g/mol. The SMILES string of the molecule is CC[C@@H](C)c1ccc(NC(=O)COC(=O)c2ccc(N(CC)CC)cc2)cc1. The number of nitrogens with zero attached hydrogens (tertiary/aromatic N) is 1. The Morgan fingerprint density at radius 1 is 0.964 bits per heavy atom. The topological polar surface area (TPSA) is 58.6 Å². The highest BCUT2D eigenvalue weighted by atomic mass is 16.5. The summed E-state index contributed by atoms with van der Waals surface area (Å²) in [5.41, 5.74) is 3.42. The van der Waals surface area contributed by atoms with Gasteiger partial charge in [0.05, 0.1) is 5.56 Å². The van der Waals surface area contributed by atoms with Crippen molar-refractivity contribution in [3.05, 3.63) is 59.7 Å². The molecule has 1 N–H and O–H groups in total. The summed E-state index contributed by atoms with van der Waals surface area (Å²) in [5.74, 6) is -0.378. The summed E-state index contributed by atoms with van der Waals surface area (Å²) >= 11 is 0. The largest absolute Gasteiger partial charge is 0.452 e. The van der Waals surface area contributed by atoms with Gasteiger partial charge in [-0.05, 0) is 68.1 Å². The molecule has 0 radical (unpaired) electrons. The van der Waals surface area contributed by atoms with Crippen molar-refractivity contribution in [2.24, 2.45) is 0 Å². The van der Waals surface area contributed by atoms with Crippen molar-refractivity contribution in [3.8, 4) is 0 Å². The fourth-order valence-corrected chi connectivity index (χ4v) is 2.94. The van der Waals surface area contributed by atoms with Gasteiger partial charge in [0.15, 0.2) is 6.61 Å². The molecule has 0 fully saturated rings. The van der Waals surface area contributed by atoms with Gasteiger partial charge in [-0.15, -0.1) is 0 Å². The lowest BCUT2D eigenvalue weighted by Crippen LogP contribution is -2.22. The zero-order chi connectivity index (χ0) is 20.5. The maximum atomic E-state index is 12.2. The first kappa shape index (κ1) is 21.5. The van der Waals surface area contributed by atoms with Gasteiger partial charge < -0.3 is 15.0 Å². The molecule has 0 saturated carbocycles. The molecule has 0 spiro atoms. The number of esters is 1. The Labute approximate surface area is 167 Å². The summed E-state index contributed by atoms with van der Waals surface area (Å²) in [5, 5.41) is 2.75. The molecule has 0 aliphatic rings. The van der Waals surface area contributed by atoms with Gasteiger partial charge in [0.1, 0.15) is 0 Å². The van der Waals surface area contributed by atoms with Gasteiger partial charge in [0, 0.05) is 24.5 Å². The predicted molar refractivity (Wildman–Crippen MR) is 114 cm³/mol. The lowest BCUT2D eigenvalue weighted by Gasteiger charge is -2.20. The molecule has 2 rings (SSSR count). The fraction of sp³-hybridized carbons (Fsp3) is 0.391. The van der Waals surface area contributed by atoms with E-state index in [1.807, 2.05) is 36.4 Å². The van der Waals surface area contributed by atoms with Crippen molar-refractivity contribution in [2.75, 3.05) is 29.9 Å². The minimum absolute atomic E-state index is 0.316. The van der Waals surface area contributed by atoms with E-state index in [0.717, 1.165) is 25.2 Å². The van der Waals surface area contributed by atoms with Crippen molar-refractivity contribution in [2.45, 2.75) is 40.0 Å². The maximum Gasteiger partial charge on any atom is 0.338 e. The average molecular weight is 383 g/mol. The van der Waals surface area contributed by atoms with E-state index in [2.05, 4.69) is 37.9 Å². The van der Waals surface area contributed by atoms with Gasteiger partial charge in [-0.2, -0.15) is 0 Å². The van der Waals surface area contributed by atoms with E-state index in [4.69, 9.17) is 4.74 Å². The maximum absolute atomic E-state index is 12.2. The van der Waals surface area contributed by atoms with Crippen LogP contribution < -0.4 is 10.2 Å². The first-order valence-corrected chi connectivity index (χ1v) is 9.90. The standard InChI is InChI=1S/C23H30N2O3/c1-5-17(4)18-8-12-20(13-9-18)24-22(26)16-28-23(27)19-10-14-21(15-11-19)25(6-2)7-3/h8-15,17H,5-7,16H2,1-4H3,(H,24,26)/t17-/m1/s1. The molecular weight excluding hydrogens is 352 g/mol. The van der Waals surface area contributed by atoms with E-state index in [-0.39, 0.29) is 12.5 Å². The van der Waals surface area contributed by atoms with Gasteiger partial charge >= 0.3 is 5.97 Å². The highest BCUT2D eigenvalue weighted by Crippen LogP contribution is 2.20. The summed E-state index contributed by atoms with van der Waals surface area (Å²) in [6.07, 6.45) is 1.07. The molecular formula is C23H30N2O3. The first-order valence-electron chi connectivity index (χ1n) is 9.90. The highest BCUT2D eigenvalue weighted by molar-refractivity contribution is 5.95. The Kier molecular flexibility index (Phi) is 8.05. The van der Waals surface area contributed by atoms with Gasteiger partial charge in [-0.25, -0.2) is 4.79 Å². The minimum atomic E-state index is -0.506. The van der Waals surface area contributed by atoms with Crippen LogP contribution in [0, 0.1) is 0 Å². The number of carbonyl (C=O) groups is 2. The molecule has 28 heavy (non-hydrogen) atoms. The van der Waals surface area contributed by atoms with Crippen LogP contribution in [0.4, 0.5) is 11.4 Å². The van der Waals surface area contributed by atoms with E-state index < -0.39 is 5.97 Å². The molecule has 0 aromatic heterocycles. The number of rotatable bonds is 9. The molecule has 5 nitrogen and oxygen atoms in total. The second-order valence-corrected chi connectivity index (χ2v) is 6.77. The number of ether oxygens (including phenoxy) is 1. The number of amides is 1. The van der Waals surface area contributed by atoms with E-state index in [9.17, 15) is 9.59 Å². The summed E-state index contributed by atoms with van der Waals surface area (Å²) in [6, 6.07) is 15.0. The molecule has 0 unspecified atom stereocenters. The minimum Gasteiger partial charge on any atom is -0.452 e. The third-order valence-electron chi connectivity index (χ3n) is 4.94. The Hall–Kier alpha value is -2.82. The Bertz CT molecular complexity index is 765. The molecule has 0 bridgehead atoms. The highest BCUT2D eigenvalue weighted by Gasteiger charge is 2.12. The molecule has 0 aliphatic carbocycles. The zero-order valence-electron chi connectivity index (χ0n) is 17.2. The summed E-state index contributed by atoms with van der Waals surface area (Å²) < 4.78 is 5.13. The Balaban J connectivity index is 1.85. The molecule has 2 aromatic carbocycles. The number of carbonyl (C=O) groups excluding carboxylic acids is 2. The third kappa shape index (κ3) is 5.84. The lowest BCUT2D eigenvalue weighted by atomic mass is 9.99. The first-order chi connectivity index (χ1) is 13.5. The van der Waals surface area contributed by atoms with Crippen LogP contribution in [0.5, 0.6) is 0 Å². The van der Waals surface area contributed by atoms with Crippen molar-refractivity contribution >= 4 is 23.3 Å². The van der Waals surface area contributed by atoms with Gasteiger partial charge in [-0.3, -0.25) is 4.79 Å². The smallest absolute Gasteiger partial charge is 0.338 e. The second-order valence-electron chi connectivity index (χ2n) is 6.77. The van der Waals surface area contributed by atoms with E-state index in [1.54, 1.807) is 12.1 Å². The molecule has 0 heterocycles. The molecule has 2 aromatic rings.